The quantitative estimate of drug-likeness (QED) is 0.727. The first-order valence-corrected chi connectivity index (χ1v) is 12.7. The van der Waals surface area contributed by atoms with E-state index in [-0.39, 0.29) is 22.9 Å². The molecule has 2 atom stereocenters. The molecule has 0 bridgehead atoms. The van der Waals surface area contributed by atoms with Gasteiger partial charge in [-0.25, -0.2) is 13.1 Å². The molecule has 2 heterocycles. The van der Waals surface area contributed by atoms with Gasteiger partial charge < -0.3 is 4.90 Å². The van der Waals surface area contributed by atoms with Crippen LogP contribution in [0.4, 0.5) is 5.69 Å². The maximum absolute atomic E-state index is 12.5. The smallest absolute Gasteiger partial charge is 0.242 e. The van der Waals surface area contributed by atoms with E-state index in [1.54, 1.807) is 26.0 Å². The molecule has 2 fully saturated rings. The molecule has 3 aliphatic rings. The van der Waals surface area contributed by atoms with Gasteiger partial charge in [0.15, 0.2) is 0 Å². The monoisotopic (exact) mass is 436 g/mol. The van der Waals surface area contributed by atoms with Crippen molar-refractivity contribution in [2.24, 2.45) is 0 Å². The van der Waals surface area contributed by atoms with Crippen LogP contribution in [-0.2, 0) is 10.0 Å². The maximum Gasteiger partial charge on any atom is 0.242 e. The number of hydrogen-bond donors (Lipinski definition) is 1. The van der Waals surface area contributed by atoms with E-state index in [9.17, 15) is 13.7 Å². The normalized spacial score (nSPS) is 23.5. The number of nitrogens with zero attached hydrogens (tertiary/aromatic N) is 3. The fourth-order valence-corrected chi connectivity index (χ4v) is 6.05. The Morgan fingerprint density at radius 1 is 1.16 bits per heavy atom. The van der Waals surface area contributed by atoms with Gasteiger partial charge in [-0.3, -0.25) is 4.98 Å². The number of hydrogen-bond acceptors (Lipinski definition) is 5. The molecule has 31 heavy (non-hydrogen) atoms. The number of sulfonamides is 1. The molecule has 0 saturated heterocycles. The first-order chi connectivity index (χ1) is 14.9. The molecule has 0 spiro atoms. The van der Waals surface area contributed by atoms with Gasteiger partial charge in [-0.05, 0) is 81.2 Å². The summed E-state index contributed by atoms with van der Waals surface area (Å²) < 4.78 is 27.6. The third-order valence-corrected chi connectivity index (χ3v) is 8.34. The lowest BCUT2D eigenvalue weighted by molar-refractivity contribution is 0.360. The highest BCUT2D eigenvalue weighted by atomic mass is 32.2. The predicted octanol–water partition coefficient (Wildman–Crippen LogP) is 4.37. The fraction of sp³-hybridized carbons (Fsp3) is 0.500. The molecular formula is C24H28N4O2S. The van der Waals surface area contributed by atoms with Gasteiger partial charge in [-0.15, -0.1) is 0 Å². The van der Waals surface area contributed by atoms with Crippen LogP contribution in [0, 0.1) is 11.3 Å². The van der Waals surface area contributed by atoms with E-state index < -0.39 is 10.0 Å². The van der Waals surface area contributed by atoms with Crippen LogP contribution in [0.3, 0.4) is 0 Å². The van der Waals surface area contributed by atoms with Crippen molar-refractivity contribution in [2.75, 3.05) is 4.90 Å². The lowest BCUT2D eigenvalue weighted by Crippen LogP contribution is -2.41. The SMILES string of the molecule is CC(C)NS(=O)(=O)c1ccc(C2C(C#N)c3cc(C4CC4)ccc3N2C2CCC2)nc1. The van der Waals surface area contributed by atoms with E-state index in [4.69, 9.17) is 0 Å². The standard InChI is InChI=1S/C24H28N4O2S/c1-15(2)27-31(29,30)19-9-10-22(26-14-19)24-21(13-25)20-12-17(16-6-7-16)8-11-23(20)28(24)18-4-3-5-18/h8-12,14-16,18,21,24,27H,3-7H2,1-2H3. The van der Waals surface area contributed by atoms with Crippen LogP contribution >= 0.6 is 0 Å². The van der Waals surface area contributed by atoms with Gasteiger partial charge in [0.25, 0.3) is 0 Å². The minimum absolute atomic E-state index is 0.153. The molecule has 2 unspecified atom stereocenters. The third-order valence-electron chi connectivity index (χ3n) is 6.70. The molecular weight excluding hydrogens is 408 g/mol. The van der Waals surface area contributed by atoms with Crippen molar-refractivity contribution in [3.63, 3.8) is 0 Å². The molecule has 6 nitrogen and oxygen atoms in total. The van der Waals surface area contributed by atoms with Crippen LogP contribution in [-0.4, -0.2) is 25.5 Å². The topological polar surface area (TPSA) is 86.1 Å². The number of rotatable bonds is 6. The van der Waals surface area contributed by atoms with Gasteiger partial charge in [0, 0.05) is 24.0 Å². The van der Waals surface area contributed by atoms with Gasteiger partial charge in [0.2, 0.25) is 10.0 Å². The second kappa shape index (κ2) is 7.61. The first kappa shape index (κ1) is 20.5. The van der Waals surface area contributed by atoms with Crippen LogP contribution in [0.25, 0.3) is 0 Å². The van der Waals surface area contributed by atoms with E-state index in [2.05, 4.69) is 38.9 Å². The summed E-state index contributed by atoms with van der Waals surface area (Å²) in [4.78, 5) is 7.10. The van der Waals surface area contributed by atoms with Gasteiger partial charge in [-0.1, -0.05) is 12.1 Å². The third kappa shape index (κ3) is 3.62. The summed E-state index contributed by atoms with van der Waals surface area (Å²) in [5, 5.41) is 10.2. The highest BCUT2D eigenvalue weighted by Crippen LogP contribution is 2.53. The van der Waals surface area contributed by atoms with Crippen molar-refractivity contribution < 1.29 is 8.42 Å². The van der Waals surface area contributed by atoms with Crippen LogP contribution in [0.5, 0.6) is 0 Å². The molecule has 2 aromatic rings. The molecule has 1 N–H and O–H groups in total. The largest absolute Gasteiger partial charge is 0.358 e. The van der Waals surface area contributed by atoms with Gasteiger partial charge >= 0.3 is 0 Å². The number of nitriles is 1. The molecule has 1 aromatic heterocycles. The molecule has 7 heteroatoms. The van der Waals surface area contributed by atoms with E-state index in [0.29, 0.717) is 12.0 Å². The lowest BCUT2D eigenvalue weighted by Gasteiger charge is -2.41. The molecule has 1 aliphatic heterocycles. The van der Waals surface area contributed by atoms with Crippen LogP contribution in [0.15, 0.2) is 41.4 Å². The summed E-state index contributed by atoms with van der Waals surface area (Å²) in [5.74, 6) is 0.329. The predicted molar refractivity (Wildman–Crippen MR) is 119 cm³/mol. The number of aromatic nitrogens is 1. The van der Waals surface area contributed by atoms with Crippen molar-refractivity contribution in [1.82, 2.24) is 9.71 Å². The van der Waals surface area contributed by atoms with E-state index in [1.165, 1.54) is 31.0 Å². The summed E-state index contributed by atoms with van der Waals surface area (Å²) in [6, 6.07) is 12.6. The number of nitrogens with one attached hydrogen (secondary N) is 1. The van der Waals surface area contributed by atoms with Gasteiger partial charge in [0.1, 0.15) is 4.90 Å². The number of anilines is 1. The zero-order valence-electron chi connectivity index (χ0n) is 18.0. The summed E-state index contributed by atoms with van der Waals surface area (Å²) in [6.07, 6.45) is 7.31. The summed E-state index contributed by atoms with van der Waals surface area (Å²) in [6.45, 7) is 3.58. The molecule has 162 valence electrons. The Morgan fingerprint density at radius 3 is 2.48 bits per heavy atom. The van der Waals surface area contributed by atoms with E-state index in [0.717, 1.165) is 29.8 Å². The van der Waals surface area contributed by atoms with Crippen LogP contribution in [0.1, 0.15) is 80.7 Å². The van der Waals surface area contributed by atoms with E-state index >= 15 is 0 Å². The van der Waals surface area contributed by atoms with Crippen molar-refractivity contribution in [3.05, 3.63) is 53.3 Å². The average Bonchev–Trinajstić information content (AvgIpc) is 3.49. The molecule has 2 aliphatic carbocycles. The first-order valence-electron chi connectivity index (χ1n) is 11.2. The Hall–Kier alpha value is -2.43. The summed E-state index contributed by atoms with van der Waals surface area (Å²) in [7, 11) is -3.60. The van der Waals surface area contributed by atoms with Gasteiger partial charge in [-0.2, -0.15) is 5.26 Å². The summed E-state index contributed by atoms with van der Waals surface area (Å²) >= 11 is 0. The van der Waals surface area contributed by atoms with Crippen molar-refractivity contribution in [1.29, 1.82) is 5.26 Å². The fourth-order valence-electron chi connectivity index (χ4n) is 4.85. The average molecular weight is 437 g/mol. The van der Waals surface area contributed by atoms with Crippen molar-refractivity contribution in [3.8, 4) is 6.07 Å². The summed E-state index contributed by atoms with van der Waals surface area (Å²) in [5.41, 5.74) is 4.34. The molecule has 0 radical (unpaired) electrons. The minimum atomic E-state index is -3.60. The second-order valence-corrected chi connectivity index (χ2v) is 11.0. The molecule has 5 rings (SSSR count). The Bertz CT molecular complexity index is 1130. The van der Waals surface area contributed by atoms with E-state index in [1.807, 2.05) is 0 Å². The lowest BCUT2D eigenvalue weighted by atomic mass is 9.88. The Kier molecular flexibility index (Phi) is 5.03. The Morgan fingerprint density at radius 2 is 1.94 bits per heavy atom. The molecule has 2 saturated carbocycles. The second-order valence-electron chi connectivity index (χ2n) is 9.33. The zero-order valence-corrected chi connectivity index (χ0v) is 18.8. The number of benzene rings is 1. The minimum Gasteiger partial charge on any atom is -0.358 e. The Labute approximate surface area is 184 Å². The zero-order chi connectivity index (χ0) is 21.8. The van der Waals surface area contributed by atoms with Crippen LogP contribution in [0.2, 0.25) is 0 Å². The van der Waals surface area contributed by atoms with Crippen LogP contribution < -0.4 is 9.62 Å². The number of pyridine rings is 1. The Balaban J connectivity index is 1.53. The van der Waals surface area contributed by atoms with Crippen molar-refractivity contribution >= 4 is 15.7 Å². The van der Waals surface area contributed by atoms with Gasteiger partial charge in [0.05, 0.1) is 23.7 Å². The highest BCUT2D eigenvalue weighted by Gasteiger charge is 2.45. The molecule has 1 aromatic carbocycles. The maximum atomic E-state index is 12.5. The molecule has 0 amide bonds. The highest BCUT2D eigenvalue weighted by molar-refractivity contribution is 7.89. The van der Waals surface area contributed by atoms with Crippen molar-refractivity contribution in [2.45, 2.75) is 80.8 Å². The number of fused-ring (bicyclic) bond motifs is 1.